The maximum absolute atomic E-state index is 11.6. The first kappa shape index (κ1) is 17.0. The minimum Gasteiger partial charge on any atom is -0.466 e. The van der Waals surface area contributed by atoms with E-state index in [1.54, 1.807) is 0 Å². The quantitative estimate of drug-likeness (QED) is 0.369. The molecule has 1 aliphatic rings. The topological polar surface area (TPSA) is 52.6 Å². The fourth-order valence-electron chi connectivity index (χ4n) is 1.57. The number of hydrogen-bond donors (Lipinski definition) is 0. The molecule has 0 fully saturated rings. The number of halogens is 2. The summed E-state index contributed by atoms with van der Waals surface area (Å²) in [4.78, 5) is 24.4. The second-order valence-electron chi connectivity index (χ2n) is 4.04. The molecule has 0 aromatic carbocycles. The van der Waals surface area contributed by atoms with Gasteiger partial charge in [-0.3, -0.25) is 4.79 Å². The number of carbonyl (C=O) groups excluding carboxylic acids is 2. The van der Waals surface area contributed by atoms with Crippen LogP contribution in [0.1, 0.15) is 32.1 Å². The molecular weight excluding hydrogens is 392 g/mol. The zero-order valence-electron chi connectivity index (χ0n) is 10.8. The lowest BCUT2D eigenvalue weighted by atomic mass is 10.1. The van der Waals surface area contributed by atoms with E-state index >= 15 is 0 Å². The van der Waals surface area contributed by atoms with E-state index in [0.717, 1.165) is 0 Å². The Hall–Kier alpha value is -1.06. The van der Waals surface area contributed by atoms with Crippen LogP contribution in [0.2, 0.25) is 0 Å². The summed E-state index contributed by atoms with van der Waals surface area (Å²) >= 11 is 6.42. The molecular formula is C14H14Br2O4. The van der Waals surface area contributed by atoms with E-state index in [9.17, 15) is 9.59 Å². The minimum absolute atomic E-state index is 0.261. The number of unbranched alkanes of at least 4 members (excludes halogenated alkanes) is 1. The maximum atomic E-state index is 11.6. The fourth-order valence-corrected chi connectivity index (χ4v) is 2.75. The predicted molar refractivity (Wildman–Crippen MR) is 81.9 cm³/mol. The van der Waals surface area contributed by atoms with Gasteiger partial charge in [0.2, 0.25) is 0 Å². The van der Waals surface area contributed by atoms with Crippen molar-refractivity contribution < 1.29 is 19.1 Å². The van der Waals surface area contributed by atoms with Crippen LogP contribution in [0, 0.1) is 12.3 Å². The number of rotatable bonds is 7. The lowest BCUT2D eigenvalue weighted by molar-refractivity contribution is -0.143. The van der Waals surface area contributed by atoms with Gasteiger partial charge in [0, 0.05) is 17.8 Å². The van der Waals surface area contributed by atoms with E-state index in [2.05, 4.69) is 37.8 Å². The zero-order valence-corrected chi connectivity index (χ0v) is 14.0. The Labute approximate surface area is 134 Å². The fraction of sp³-hybridized carbons (Fsp3) is 0.429. The van der Waals surface area contributed by atoms with Crippen LogP contribution in [0.4, 0.5) is 0 Å². The van der Waals surface area contributed by atoms with Crippen LogP contribution in [-0.4, -0.2) is 18.5 Å². The van der Waals surface area contributed by atoms with Gasteiger partial charge in [-0.1, -0.05) is 15.9 Å². The van der Waals surface area contributed by atoms with Gasteiger partial charge < -0.3 is 9.47 Å². The second kappa shape index (κ2) is 8.98. The second-order valence-corrected chi connectivity index (χ2v) is 5.29. The lowest BCUT2D eigenvalue weighted by Gasteiger charge is -2.04. The molecule has 0 aliphatic carbocycles. The van der Waals surface area contributed by atoms with Crippen LogP contribution < -0.4 is 0 Å². The summed E-state index contributed by atoms with van der Waals surface area (Å²) in [6.45, 7) is 0.277. The standard InChI is InChI=1S/C14H14Br2O4/c1-2-3-4-7-12(17)19-8-5-6-10-13(16)11(9-15)20-14(10)18/h1,9H,3-8H2/b11-9+. The number of carbonyl (C=O) groups is 2. The van der Waals surface area contributed by atoms with Crippen LogP contribution in [0.25, 0.3) is 0 Å². The van der Waals surface area contributed by atoms with Crippen LogP contribution in [0.3, 0.4) is 0 Å². The van der Waals surface area contributed by atoms with Crippen LogP contribution in [0.15, 0.2) is 20.8 Å². The highest BCUT2D eigenvalue weighted by Crippen LogP contribution is 2.33. The zero-order chi connectivity index (χ0) is 15.0. The first-order chi connectivity index (χ1) is 9.60. The van der Waals surface area contributed by atoms with E-state index in [-0.39, 0.29) is 18.5 Å². The highest BCUT2D eigenvalue weighted by Gasteiger charge is 2.27. The van der Waals surface area contributed by atoms with Crippen LogP contribution in [0.5, 0.6) is 0 Å². The normalized spacial score (nSPS) is 16.2. The summed E-state index contributed by atoms with van der Waals surface area (Å²) < 4.78 is 10.7. The van der Waals surface area contributed by atoms with Crippen molar-refractivity contribution in [1.29, 1.82) is 0 Å². The third-order valence-electron chi connectivity index (χ3n) is 2.57. The summed E-state index contributed by atoms with van der Waals surface area (Å²) in [7, 11) is 0. The summed E-state index contributed by atoms with van der Waals surface area (Å²) in [6.07, 6.45) is 7.68. The highest BCUT2D eigenvalue weighted by atomic mass is 79.9. The third-order valence-corrected chi connectivity index (χ3v) is 3.85. The van der Waals surface area contributed by atoms with Crippen molar-refractivity contribution >= 4 is 43.8 Å². The molecule has 6 heteroatoms. The number of cyclic esters (lactones) is 1. The molecule has 0 atom stereocenters. The Morgan fingerprint density at radius 1 is 1.45 bits per heavy atom. The Morgan fingerprint density at radius 2 is 2.20 bits per heavy atom. The monoisotopic (exact) mass is 404 g/mol. The largest absolute Gasteiger partial charge is 0.466 e. The van der Waals surface area contributed by atoms with Gasteiger partial charge in [-0.25, -0.2) is 4.79 Å². The van der Waals surface area contributed by atoms with Gasteiger partial charge in [-0.2, -0.15) is 0 Å². The lowest BCUT2D eigenvalue weighted by Crippen LogP contribution is -2.07. The first-order valence-electron chi connectivity index (χ1n) is 6.10. The van der Waals surface area contributed by atoms with Gasteiger partial charge in [0.15, 0.2) is 5.76 Å². The molecule has 1 rings (SSSR count). The predicted octanol–water partition coefficient (Wildman–Crippen LogP) is 3.56. The van der Waals surface area contributed by atoms with Gasteiger partial charge >= 0.3 is 11.9 Å². The van der Waals surface area contributed by atoms with E-state index in [0.29, 0.717) is 47.9 Å². The third kappa shape index (κ3) is 5.14. The smallest absolute Gasteiger partial charge is 0.340 e. The Balaban J connectivity index is 2.28. The molecule has 4 nitrogen and oxygen atoms in total. The minimum atomic E-state index is -0.372. The molecule has 0 aromatic heterocycles. The SMILES string of the molecule is C#CCCCC(=O)OCCCC1=C(Br)/C(=C\Br)OC1=O. The Kier molecular flexibility index (Phi) is 7.63. The number of allylic oxidation sites excluding steroid dienone is 1. The molecule has 1 heterocycles. The summed E-state index contributed by atoms with van der Waals surface area (Å²) in [5.74, 6) is 2.29. The van der Waals surface area contributed by atoms with Crippen LogP contribution >= 0.6 is 31.9 Å². The van der Waals surface area contributed by atoms with E-state index in [1.807, 2.05) is 0 Å². The van der Waals surface area contributed by atoms with Gasteiger partial charge in [0.25, 0.3) is 0 Å². The molecule has 0 unspecified atom stereocenters. The number of esters is 2. The van der Waals surface area contributed by atoms with Gasteiger partial charge in [-0.15, -0.1) is 12.3 Å². The molecule has 0 saturated carbocycles. The number of terminal acetylenes is 1. The van der Waals surface area contributed by atoms with Gasteiger partial charge in [0.05, 0.1) is 16.7 Å². The van der Waals surface area contributed by atoms with E-state index < -0.39 is 0 Å². The molecule has 0 bridgehead atoms. The number of hydrogen-bond acceptors (Lipinski definition) is 4. The molecule has 108 valence electrons. The average molecular weight is 406 g/mol. The summed E-state index contributed by atoms with van der Waals surface area (Å²) in [5, 5.41) is 0. The van der Waals surface area contributed by atoms with Crippen molar-refractivity contribution in [2.45, 2.75) is 32.1 Å². The molecule has 0 N–H and O–H groups in total. The molecule has 0 aromatic rings. The number of ether oxygens (including phenoxy) is 2. The van der Waals surface area contributed by atoms with Gasteiger partial charge in [0.1, 0.15) is 0 Å². The maximum Gasteiger partial charge on any atom is 0.340 e. The Morgan fingerprint density at radius 3 is 2.80 bits per heavy atom. The molecule has 0 radical (unpaired) electrons. The average Bonchev–Trinajstić information content (AvgIpc) is 2.70. The van der Waals surface area contributed by atoms with Crippen molar-refractivity contribution in [3.05, 3.63) is 20.8 Å². The van der Waals surface area contributed by atoms with E-state index in [1.165, 1.54) is 4.99 Å². The first-order valence-corrected chi connectivity index (χ1v) is 7.81. The summed E-state index contributed by atoms with van der Waals surface area (Å²) in [6, 6.07) is 0. The molecule has 0 spiro atoms. The van der Waals surface area contributed by atoms with Crippen molar-refractivity contribution in [2.24, 2.45) is 0 Å². The molecule has 0 amide bonds. The molecule has 0 saturated heterocycles. The molecule has 20 heavy (non-hydrogen) atoms. The van der Waals surface area contributed by atoms with Crippen molar-refractivity contribution in [1.82, 2.24) is 0 Å². The Bertz CT molecular complexity index is 486. The van der Waals surface area contributed by atoms with Crippen molar-refractivity contribution in [3.8, 4) is 12.3 Å². The van der Waals surface area contributed by atoms with Gasteiger partial charge in [-0.05, 0) is 35.2 Å². The van der Waals surface area contributed by atoms with Crippen LogP contribution in [-0.2, 0) is 19.1 Å². The summed E-state index contributed by atoms with van der Waals surface area (Å²) in [5.41, 5.74) is 0.555. The molecule has 1 aliphatic heterocycles. The van der Waals surface area contributed by atoms with Crippen molar-refractivity contribution in [2.75, 3.05) is 6.61 Å². The van der Waals surface area contributed by atoms with Crippen molar-refractivity contribution in [3.63, 3.8) is 0 Å². The van der Waals surface area contributed by atoms with E-state index in [4.69, 9.17) is 15.9 Å². The highest BCUT2D eigenvalue weighted by molar-refractivity contribution is 9.12.